The molecule has 0 spiro atoms. The molecule has 21 heavy (non-hydrogen) atoms. The van der Waals surface area contributed by atoms with E-state index in [4.69, 9.17) is 5.14 Å². The zero-order valence-corrected chi connectivity index (χ0v) is 13.5. The minimum atomic E-state index is -1.84. The van der Waals surface area contributed by atoms with Crippen LogP contribution in [0, 0.1) is 5.82 Å². The molecule has 0 aromatic carbocycles. The zero-order valence-electron chi connectivity index (χ0n) is 12.7. The number of methoxy groups -OCH3 is 1. The average molecular weight is 317 g/mol. The molecule has 0 aliphatic carbocycles. The highest BCUT2D eigenvalue weighted by Crippen LogP contribution is 2.15. The van der Waals surface area contributed by atoms with Gasteiger partial charge in [0.15, 0.2) is 17.2 Å². The van der Waals surface area contributed by atoms with Gasteiger partial charge in [-0.3, -0.25) is 4.40 Å². The minimum Gasteiger partial charge on any atom is -0.464 e. The van der Waals surface area contributed by atoms with Crippen LogP contribution in [0.3, 0.4) is 0 Å². The first kappa shape index (κ1) is 19.2. The average Bonchev–Trinajstić information content (AvgIpc) is 2.95. The lowest BCUT2D eigenvalue weighted by Gasteiger charge is -2.02. The Balaban J connectivity index is 0.000000921. The van der Waals surface area contributed by atoms with Crippen LogP contribution in [0.4, 0.5) is 4.39 Å². The molecule has 2 rings (SSSR count). The summed E-state index contributed by atoms with van der Waals surface area (Å²) >= 11 is 0. The van der Waals surface area contributed by atoms with Gasteiger partial charge < -0.3 is 4.74 Å². The summed E-state index contributed by atoms with van der Waals surface area (Å²) in [5.41, 5.74) is -0.0201. The summed E-state index contributed by atoms with van der Waals surface area (Å²) in [5.74, 6) is -1.38. The molecule has 2 N–H and O–H groups in total. The van der Waals surface area contributed by atoms with Crippen LogP contribution in [-0.4, -0.2) is 26.7 Å². The highest BCUT2D eigenvalue weighted by atomic mass is 32.2. The van der Waals surface area contributed by atoms with E-state index in [1.807, 2.05) is 27.7 Å². The number of halogens is 1. The van der Waals surface area contributed by atoms with Gasteiger partial charge in [-0.25, -0.2) is 23.5 Å². The number of carbonyl (C=O) groups excluding carboxylic acids is 1. The first-order chi connectivity index (χ1) is 10.0. The number of nitrogens with two attached hydrogens (primary N) is 1. The molecular formula is C13H20FN3O3S. The maximum absolute atomic E-state index is 13.6. The number of nitrogens with zero attached hydrogens (tertiary/aromatic N) is 2. The number of aromatic nitrogens is 2. The Kier molecular flexibility index (Phi) is 8.41. The Morgan fingerprint density at radius 2 is 1.95 bits per heavy atom. The molecule has 0 saturated carbocycles. The SMILES string of the molecule is CC.CC.COC(=O)c1cnc2c(F)cc(S(N)=O)cn12. The number of rotatable bonds is 2. The van der Waals surface area contributed by atoms with E-state index >= 15 is 0 Å². The Labute approximate surface area is 125 Å². The van der Waals surface area contributed by atoms with E-state index < -0.39 is 22.8 Å². The molecule has 0 amide bonds. The zero-order chi connectivity index (χ0) is 16.6. The van der Waals surface area contributed by atoms with Crippen molar-refractivity contribution in [2.75, 3.05) is 7.11 Å². The van der Waals surface area contributed by atoms with Gasteiger partial charge in [0.25, 0.3) is 0 Å². The maximum Gasteiger partial charge on any atom is 0.356 e. The topological polar surface area (TPSA) is 86.7 Å². The summed E-state index contributed by atoms with van der Waals surface area (Å²) in [6, 6.07) is 1.01. The predicted octanol–water partition coefficient (Wildman–Crippen LogP) is 2.29. The number of fused-ring (bicyclic) bond motifs is 1. The van der Waals surface area contributed by atoms with Gasteiger partial charge in [0.05, 0.1) is 18.2 Å². The fourth-order valence-corrected chi connectivity index (χ4v) is 1.82. The molecule has 0 aliphatic heterocycles. The molecule has 2 heterocycles. The number of imidazole rings is 1. The van der Waals surface area contributed by atoms with Gasteiger partial charge in [-0.2, -0.15) is 0 Å². The van der Waals surface area contributed by atoms with Crippen LogP contribution >= 0.6 is 0 Å². The standard InChI is InChI=1S/C9H8FN3O3S.2C2H6/c1-16-9(14)7-3-12-8-6(10)2-5(17(11)15)4-13(7)8;2*1-2/h2-4H,11H2,1H3;2*1-2H3. The van der Waals surface area contributed by atoms with Gasteiger partial charge in [-0.15, -0.1) is 0 Å². The maximum atomic E-state index is 13.6. The van der Waals surface area contributed by atoms with Crippen LogP contribution < -0.4 is 5.14 Å². The molecule has 118 valence electrons. The molecule has 0 radical (unpaired) electrons. The van der Waals surface area contributed by atoms with Crippen molar-refractivity contribution in [1.82, 2.24) is 9.38 Å². The van der Waals surface area contributed by atoms with Crippen LogP contribution in [0.2, 0.25) is 0 Å². The monoisotopic (exact) mass is 317 g/mol. The van der Waals surface area contributed by atoms with Crippen molar-refractivity contribution in [3.63, 3.8) is 0 Å². The van der Waals surface area contributed by atoms with Crippen molar-refractivity contribution >= 4 is 22.6 Å². The molecule has 2 aromatic rings. The summed E-state index contributed by atoms with van der Waals surface area (Å²) < 4.78 is 30.3. The first-order valence-corrected chi connectivity index (χ1v) is 7.67. The summed E-state index contributed by atoms with van der Waals surface area (Å²) in [5, 5.41) is 5.16. The fourth-order valence-electron chi connectivity index (χ4n) is 1.39. The van der Waals surface area contributed by atoms with Crippen LogP contribution in [0.25, 0.3) is 5.65 Å². The lowest BCUT2D eigenvalue weighted by Crippen LogP contribution is -2.09. The summed E-state index contributed by atoms with van der Waals surface area (Å²) in [6.45, 7) is 8.00. The molecule has 1 atom stereocenters. The van der Waals surface area contributed by atoms with E-state index in [1.165, 1.54) is 19.5 Å². The van der Waals surface area contributed by atoms with Crippen molar-refractivity contribution in [3.8, 4) is 0 Å². The van der Waals surface area contributed by atoms with E-state index in [0.717, 1.165) is 10.5 Å². The minimum absolute atomic E-state index is 0.0358. The van der Waals surface area contributed by atoms with E-state index in [-0.39, 0.29) is 16.2 Å². The second kappa shape index (κ2) is 9.19. The molecule has 2 aromatic heterocycles. The summed E-state index contributed by atoms with van der Waals surface area (Å²) in [7, 11) is -0.646. The molecule has 0 aliphatic rings. The van der Waals surface area contributed by atoms with Gasteiger partial charge in [0, 0.05) is 6.20 Å². The predicted molar refractivity (Wildman–Crippen MR) is 79.8 cm³/mol. The number of ether oxygens (including phenoxy) is 1. The third kappa shape index (κ3) is 4.33. The van der Waals surface area contributed by atoms with Crippen molar-refractivity contribution < 1.29 is 18.1 Å². The lowest BCUT2D eigenvalue weighted by molar-refractivity contribution is 0.0592. The molecule has 0 bridgehead atoms. The summed E-state index contributed by atoms with van der Waals surface area (Å²) in [4.78, 5) is 15.2. The lowest BCUT2D eigenvalue weighted by atomic mass is 10.4. The normalized spacial score (nSPS) is 10.8. The number of esters is 1. The van der Waals surface area contributed by atoms with Crippen LogP contribution in [0.5, 0.6) is 0 Å². The largest absolute Gasteiger partial charge is 0.464 e. The fraction of sp³-hybridized carbons (Fsp3) is 0.385. The number of hydrogen-bond acceptors (Lipinski definition) is 4. The molecule has 6 nitrogen and oxygen atoms in total. The van der Waals surface area contributed by atoms with Crippen LogP contribution in [0.1, 0.15) is 38.2 Å². The van der Waals surface area contributed by atoms with Crippen LogP contribution in [-0.2, 0) is 15.7 Å². The Bertz CT molecular complexity index is 628. The smallest absolute Gasteiger partial charge is 0.356 e. The molecule has 0 saturated heterocycles. The van der Waals surface area contributed by atoms with Crippen molar-refractivity contribution in [3.05, 3.63) is 30.0 Å². The molecular weight excluding hydrogens is 297 g/mol. The van der Waals surface area contributed by atoms with Gasteiger partial charge >= 0.3 is 5.97 Å². The Morgan fingerprint density at radius 3 is 2.43 bits per heavy atom. The van der Waals surface area contributed by atoms with E-state index in [9.17, 15) is 13.4 Å². The van der Waals surface area contributed by atoms with Crippen molar-refractivity contribution in [2.24, 2.45) is 5.14 Å². The highest BCUT2D eigenvalue weighted by molar-refractivity contribution is 7.82. The van der Waals surface area contributed by atoms with Crippen LogP contribution in [0.15, 0.2) is 23.4 Å². The molecule has 1 unspecified atom stereocenters. The Morgan fingerprint density at radius 1 is 1.38 bits per heavy atom. The second-order valence-corrected chi connectivity index (χ2v) is 4.22. The summed E-state index contributed by atoms with van der Waals surface area (Å²) in [6.07, 6.45) is 2.46. The van der Waals surface area contributed by atoms with E-state index in [1.54, 1.807) is 0 Å². The molecule has 8 heteroatoms. The number of carbonyl (C=O) groups is 1. The molecule has 0 fully saturated rings. The third-order valence-corrected chi connectivity index (χ3v) is 2.85. The van der Waals surface area contributed by atoms with Gasteiger partial charge in [-0.05, 0) is 6.07 Å². The number of pyridine rings is 1. The Hall–Kier alpha value is -1.80. The quantitative estimate of drug-likeness (QED) is 0.861. The second-order valence-electron chi connectivity index (χ2n) is 3.15. The first-order valence-electron chi connectivity index (χ1n) is 6.45. The van der Waals surface area contributed by atoms with E-state index in [2.05, 4.69) is 9.72 Å². The highest BCUT2D eigenvalue weighted by Gasteiger charge is 2.16. The van der Waals surface area contributed by atoms with Gasteiger partial charge in [0.1, 0.15) is 11.0 Å². The van der Waals surface area contributed by atoms with Gasteiger partial charge in [0.2, 0.25) is 0 Å². The van der Waals surface area contributed by atoms with Gasteiger partial charge in [-0.1, -0.05) is 27.7 Å². The van der Waals surface area contributed by atoms with Crippen molar-refractivity contribution in [1.29, 1.82) is 0 Å². The third-order valence-electron chi connectivity index (χ3n) is 2.16. The number of hydrogen-bond donors (Lipinski definition) is 1. The van der Waals surface area contributed by atoms with E-state index in [0.29, 0.717) is 0 Å². The van der Waals surface area contributed by atoms with Crippen molar-refractivity contribution in [2.45, 2.75) is 32.6 Å².